The summed E-state index contributed by atoms with van der Waals surface area (Å²) < 4.78 is 5.36. The predicted molar refractivity (Wildman–Crippen MR) is 80.0 cm³/mol. The molecule has 6 nitrogen and oxygen atoms in total. The minimum Gasteiger partial charge on any atom is -0.493 e. The molecule has 1 fully saturated rings. The van der Waals surface area contributed by atoms with Crippen LogP contribution in [0.3, 0.4) is 0 Å². The number of carbonyl (C=O) groups is 2. The normalized spacial score (nSPS) is 17.4. The van der Waals surface area contributed by atoms with Gasteiger partial charge in [0.15, 0.2) is 0 Å². The van der Waals surface area contributed by atoms with Crippen LogP contribution in [0.2, 0.25) is 0 Å². The summed E-state index contributed by atoms with van der Waals surface area (Å²) in [6, 6.07) is 7.36. The van der Waals surface area contributed by atoms with Crippen molar-refractivity contribution in [3.63, 3.8) is 0 Å². The van der Waals surface area contributed by atoms with Crippen molar-refractivity contribution >= 4 is 17.5 Å². The Morgan fingerprint density at radius 2 is 2.10 bits per heavy atom. The lowest BCUT2D eigenvalue weighted by atomic mass is 10.1. The molecule has 1 aromatic carbocycles. The lowest BCUT2D eigenvalue weighted by molar-refractivity contribution is -0.118. The Balaban J connectivity index is 1.75. The number of nitrogens with one attached hydrogen (secondary N) is 2. The first-order valence-electron chi connectivity index (χ1n) is 7.18. The van der Waals surface area contributed by atoms with Crippen LogP contribution in [0.25, 0.3) is 0 Å². The fourth-order valence-corrected chi connectivity index (χ4v) is 2.27. The molecule has 2 rings (SSSR count). The zero-order chi connectivity index (χ0) is 15.1. The van der Waals surface area contributed by atoms with Gasteiger partial charge in [0.2, 0.25) is 11.8 Å². The molecule has 1 saturated heterocycles. The summed E-state index contributed by atoms with van der Waals surface area (Å²) in [4.78, 5) is 22.5. The molecule has 0 saturated carbocycles. The average Bonchev–Trinajstić information content (AvgIpc) is 2.93. The van der Waals surface area contributed by atoms with Crippen molar-refractivity contribution in [3.05, 3.63) is 24.3 Å². The first kappa shape index (κ1) is 15.3. The molecular weight excluding hydrogens is 270 g/mol. The Labute approximate surface area is 124 Å². The number of hydrogen-bond donors (Lipinski definition) is 3. The summed E-state index contributed by atoms with van der Waals surface area (Å²) >= 11 is 0. The first-order valence-corrected chi connectivity index (χ1v) is 7.18. The molecule has 0 aliphatic carbocycles. The number of benzene rings is 1. The third-order valence-corrected chi connectivity index (χ3v) is 3.35. The molecule has 1 unspecified atom stereocenters. The Hall–Kier alpha value is -2.08. The SMILES string of the molecule is NC(=O)CCOc1ccc(NC(=O)CC2CCCN2)cc1. The van der Waals surface area contributed by atoms with Gasteiger partial charge in [-0.2, -0.15) is 0 Å². The van der Waals surface area contributed by atoms with Gasteiger partial charge in [-0.25, -0.2) is 0 Å². The molecule has 1 aliphatic heterocycles. The topological polar surface area (TPSA) is 93.5 Å². The first-order chi connectivity index (χ1) is 10.1. The highest BCUT2D eigenvalue weighted by Crippen LogP contribution is 2.17. The maximum absolute atomic E-state index is 11.9. The van der Waals surface area contributed by atoms with Crippen molar-refractivity contribution in [1.82, 2.24) is 5.32 Å². The summed E-state index contributed by atoms with van der Waals surface area (Å²) in [5.41, 5.74) is 5.77. The number of carbonyl (C=O) groups excluding carboxylic acids is 2. The second-order valence-corrected chi connectivity index (χ2v) is 5.13. The third-order valence-electron chi connectivity index (χ3n) is 3.35. The number of rotatable bonds is 7. The van der Waals surface area contributed by atoms with Gasteiger partial charge in [-0.3, -0.25) is 9.59 Å². The molecule has 2 amide bonds. The van der Waals surface area contributed by atoms with E-state index >= 15 is 0 Å². The zero-order valence-corrected chi connectivity index (χ0v) is 11.9. The number of primary amides is 1. The maximum Gasteiger partial charge on any atom is 0.225 e. The molecule has 4 N–H and O–H groups in total. The van der Waals surface area contributed by atoms with Crippen LogP contribution >= 0.6 is 0 Å². The Morgan fingerprint density at radius 1 is 1.33 bits per heavy atom. The van der Waals surface area contributed by atoms with E-state index in [1.54, 1.807) is 24.3 Å². The largest absolute Gasteiger partial charge is 0.493 e. The van der Waals surface area contributed by atoms with Gasteiger partial charge in [-0.15, -0.1) is 0 Å². The quantitative estimate of drug-likeness (QED) is 0.699. The van der Waals surface area contributed by atoms with E-state index < -0.39 is 0 Å². The van der Waals surface area contributed by atoms with Crippen molar-refractivity contribution < 1.29 is 14.3 Å². The average molecular weight is 291 g/mol. The van der Waals surface area contributed by atoms with E-state index in [1.807, 2.05) is 0 Å². The monoisotopic (exact) mass is 291 g/mol. The van der Waals surface area contributed by atoms with E-state index in [2.05, 4.69) is 10.6 Å². The molecule has 0 spiro atoms. The Bertz CT molecular complexity index is 481. The van der Waals surface area contributed by atoms with E-state index in [-0.39, 0.29) is 24.8 Å². The molecule has 0 bridgehead atoms. The van der Waals surface area contributed by atoms with E-state index in [0.29, 0.717) is 18.2 Å². The second-order valence-electron chi connectivity index (χ2n) is 5.13. The molecule has 1 atom stereocenters. The lowest BCUT2D eigenvalue weighted by Crippen LogP contribution is -2.27. The molecular formula is C15H21N3O3. The van der Waals surface area contributed by atoms with Crippen molar-refractivity contribution in [2.75, 3.05) is 18.5 Å². The fraction of sp³-hybridized carbons (Fsp3) is 0.467. The second kappa shape index (κ2) is 7.64. The van der Waals surface area contributed by atoms with Crippen LogP contribution < -0.4 is 21.1 Å². The van der Waals surface area contributed by atoms with Crippen molar-refractivity contribution in [1.29, 1.82) is 0 Å². The van der Waals surface area contributed by atoms with Crippen LogP contribution in [0.1, 0.15) is 25.7 Å². The third kappa shape index (κ3) is 5.43. The van der Waals surface area contributed by atoms with Gasteiger partial charge in [0.05, 0.1) is 13.0 Å². The number of anilines is 1. The minimum absolute atomic E-state index is 0.0109. The van der Waals surface area contributed by atoms with Gasteiger partial charge in [-0.1, -0.05) is 0 Å². The smallest absolute Gasteiger partial charge is 0.225 e. The highest BCUT2D eigenvalue weighted by atomic mass is 16.5. The van der Waals surface area contributed by atoms with Crippen molar-refractivity contribution in [2.45, 2.75) is 31.7 Å². The van der Waals surface area contributed by atoms with Gasteiger partial charge < -0.3 is 21.1 Å². The lowest BCUT2D eigenvalue weighted by Gasteiger charge is -2.11. The van der Waals surface area contributed by atoms with Gasteiger partial charge in [-0.05, 0) is 43.7 Å². The van der Waals surface area contributed by atoms with Gasteiger partial charge >= 0.3 is 0 Å². The molecule has 6 heteroatoms. The number of nitrogens with two attached hydrogens (primary N) is 1. The van der Waals surface area contributed by atoms with E-state index in [1.165, 1.54) is 0 Å². The maximum atomic E-state index is 11.9. The number of hydrogen-bond acceptors (Lipinski definition) is 4. The summed E-state index contributed by atoms with van der Waals surface area (Å²) in [7, 11) is 0. The molecule has 1 aliphatic rings. The Morgan fingerprint density at radius 3 is 2.71 bits per heavy atom. The predicted octanol–water partition coefficient (Wildman–Crippen LogP) is 1.02. The summed E-state index contributed by atoms with van der Waals surface area (Å²) in [6.45, 7) is 1.25. The van der Waals surface area contributed by atoms with Crippen LogP contribution in [-0.4, -0.2) is 31.0 Å². The molecule has 0 radical (unpaired) electrons. The van der Waals surface area contributed by atoms with Gasteiger partial charge in [0, 0.05) is 18.2 Å². The van der Waals surface area contributed by atoms with Crippen molar-refractivity contribution in [3.8, 4) is 5.75 Å². The molecule has 114 valence electrons. The summed E-state index contributed by atoms with van der Waals surface area (Å²) in [6.07, 6.45) is 2.87. The highest BCUT2D eigenvalue weighted by molar-refractivity contribution is 5.91. The molecule has 1 heterocycles. The van der Waals surface area contributed by atoms with Crippen LogP contribution in [0, 0.1) is 0 Å². The molecule has 0 aromatic heterocycles. The van der Waals surface area contributed by atoms with E-state index in [0.717, 1.165) is 25.1 Å². The van der Waals surface area contributed by atoms with E-state index in [9.17, 15) is 9.59 Å². The van der Waals surface area contributed by atoms with Crippen LogP contribution in [0.15, 0.2) is 24.3 Å². The van der Waals surface area contributed by atoms with Gasteiger partial charge in [0.25, 0.3) is 0 Å². The van der Waals surface area contributed by atoms with Crippen LogP contribution in [0.4, 0.5) is 5.69 Å². The summed E-state index contributed by atoms with van der Waals surface area (Å²) in [5, 5.41) is 6.16. The molecule has 21 heavy (non-hydrogen) atoms. The fourth-order valence-electron chi connectivity index (χ4n) is 2.27. The standard InChI is InChI=1S/C15H21N3O3/c16-14(19)7-9-21-13-5-3-11(4-6-13)18-15(20)10-12-2-1-8-17-12/h3-6,12,17H,1-2,7-10H2,(H2,16,19)(H,18,20). The van der Waals surface area contributed by atoms with E-state index in [4.69, 9.17) is 10.5 Å². The Kier molecular flexibility index (Phi) is 5.57. The van der Waals surface area contributed by atoms with Crippen LogP contribution in [-0.2, 0) is 9.59 Å². The zero-order valence-electron chi connectivity index (χ0n) is 11.9. The number of amides is 2. The minimum atomic E-state index is -0.389. The molecule has 1 aromatic rings. The summed E-state index contributed by atoms with van der Waals surface area (Å²) in [5.74, 6) is 0.267. The van der Waals surface area contributed by atoms with Gasteiger partial charge in [0.1, 0.15) is 5.75 Å². The van der Waals surface area contributed by atoms with Crippen LogP contribution in [0.5, 0.6) is 5.75 Å². The van der Waals surface area contributed by atoms with Crippen molar-refractivity contribution in [2.24, 2.45) is 5.73 Å². The highest BCUT2D eigenvalue weighted by Gasteiger charge is 2.17. The number of ether oxygens (including phenoxy) is 1.